The zero-order valence-corrected chi connectivity index (χ0v) is 21.4. The van der Waals surface area contributed by atoms with Crippen molar-refractivity contribution in [2.45, 2.75) is 44.2 Å². The molecule has 0 spiro atoms. The van der Waals surface area contributed by atoms with Crippen LogP contribution in [0.2, 0.25) is 10.0 Å². The molecule has 4 atom stereocenters. The van der Waals surface area contributed by atoms with Crippen LogP contribution in [0.1, 0.15) is 49.3 Å². The second kappa shape index (κ2) is 11.7. The van der Waals surface area contributed by atoms with Gasteiger partial charge in [0.1, 0.15) is 0 Å². The zero-order chi connectivity index (χ0) is 24.9. The number of ether oxygens (including phenoxy) is 1. The summed E-state index contributed by atoms with van der Waals surface area (Å²) >= 11 is 12.6. The van der Waals surface area contributed by atoms with Crippen LogP contribution >= 0.6 is 23.2 Å². The fraction of sp³-hybridized carbons (Fsp3) is 0.481. The van der Waals surface area contributed by atoms with Crippen LogP contribution in [0, 0.1) is 5.92 Å². The molecule has 6 nitrogen and oxygen atoms in total. The molecule has 0 bridgehead atoms. The van der Waals surface area contributed by atoms with Crippen molar-refractivity contribution in [2.75, 3.05) is 32.8 Å². The first-order valence-corrected chi connectivity index (χ1v) is 13.0. The van der Waals surface area contributed by atoms with E-state index in [1.807, 2.05) is 53.4 Å². The van der Waals surface area contributed by atoms with Crippen LogP contribution in [0.4, 0.5) is 0 Å². The number of benzene rings is 2. The van der Waals surface area contributed by atoms with Gasteiger partial charge in [-0.05, 0) is 48.2 Å². The van der Waals surface area contributed by atoms with Gasteiger partial charge in [-0.2, -0.15) is 0 Å². The number of morpholine rings is 1. The van der Waals surface area contributed by atoms with Crippen molar-refractivity contribution in [1.29, 1.82) is 0 Å². The average molecular weight is 519 g/mol. The maximum Gasteiger partial charge on any atom is 0.304 e. The summed E-state index contributed by atoms with van der Waals surface area (Å²) in [6.45, 7) is 5.81. The number of piperidine rings is 1. The number of carboxylic acids is 1. The molecule has 0 saturated carbocycles. The van der Waals surface area contributed by atoms with Gasteiger partial charge in [-0.1, -0.05) is 54.4 Å². The van der Waals surface area contributed by atoms with E-state index in [1.54, 1.807) is 0 Å². The lowest BCUT2D eigenvalue weighted by atomic mass is 9.74. The quantitative estimate of drug-likeness (QED) is 0.516. The summed E-state index contributed by atoms with van der Waals surface area (Å²) in [5.74, 6) is -1.75. The normalized spacial score (nSPS) is 24.4. The van der Waals surface area contributed by atoms with Crippen LogP contribution in [0.5, 0.6) is 0 Å². The average Bonchev–Trinajstić information content (AvgIpc) is 2.85. The van der Waals surface area contributed by atoms with Gasteiger partial charge >= 0.3 is 5.97 Å². The minimum Gasteiger partial charge on any atom is -0.481 e. The molecule has 2 aromatic rings. The van der Waals surface area contributed by atoms with E-state index < -0.39 is 11.9 Å². The Labute approximate surface area is 216 Å². The third-order valence-corrected chi connectivity index (χ3v) is 7.66. The maximum atomic E-state index is 14.0. The third kappa shape index (κ3) is 6.18. The van der Waals surface area contributed by atoms with Crippen molar-refractivity contribution in [3.8, 4) is 0 Å². The summed E-state index contributed by atoms with van der Waals surface area (Å²) < 4.78 is 5.52. The van der Waals surface area contributed by atoms with Crippen molar-refractivity contribution in [1.82, 2.24) is 9.80 Å². The number of rotatable bonds is 8. The second-order valence-corrected chi connectivity index (χ2v) is 10.3. The number of halogens is 2. The minimum absolute atomic E-state index is 0.0699. The number of carbonyl (C=O) groups excluding carboxylic acids is 1. The number of likely N-dealkylation sites (tertiary alicyclic amines) is 1. The highest BCUT2D eigenvalue weighted by Gasteiger charge is 2.46. The first-order chi connectivity index (χ1) is 16.9. The molecule has 188 valence electrons. The highest BCUT2D eigenvalue weighted by atomic mass is 35.5. The van der Waals surface area contributed by atoms with Gasteiger partial charge in [0, 0.05) is 47.6 Å². The van der Waals surface area contributed by atoms with Crippen LogP contribution in [-0.4, -0.2) is 65.7 Å². The maximum absolute atomic E-state index is 14.0. The number of nitrogens with zero attached hydrogens (tertiary/aromatic N) is 2. The van der Waals surface area contributed by atoms with E-state index in [0.29, 0.717) is 29.7 Å². The van der Waals surface area contributed by atoms with Gasteiger partial charge in [0.05, 0.1) is 25.7 Å². The molecule has 1 N–H and O–H groups in total. The van der Waals surface area contributed by atoms with Crippen molar-refractivity contribution in [3.05, 3.63) is 69.7 Å². The van der Waals surface area contributed by atoms with Crippen molar-refractivity contribution < 1.29 is 19.4 Å². The first kappa shape index (κ1) is 26.0. The third-order valence-electron chi connectivity index (χ3n) is 7.17. The van der Waals surface area contributed by atoms with Gasteiger partial charge in [-0.25, -0.2) is 0 Å². The fourth-order valence-electron chi connectivity index (χ4n) is 5.47. The molecular formula is C27H32Cl2N2O4. The van der Waals surface area contributed by atoms with Crippen molar-refractivity contribution in [2.24, 2.45) is 5.92 Å². The predicted octanol–water partition coefficient (Wildman–Crippen LogP) is 5.25. The van der Waals surface area contributed by atoms with Gasteiger partial charge in [0.2, 0.25) is 5.91 Å². The number of amides is 1. The molecule has 8 heteroatoms. The van der Waals surface area contributed by atoms with Crippen molar-refractivity contribution in [3.63, 3.8) is 0 Å². The minimum atomic E-state index is -0.959. The first-order valence-electron chi connectivity index (χ1n) is 12.2. The Morgan fingerprint density at radius 3 is 2.43 bits per heavy atom. The summed E-state index contributed by atoms with van der Waals surface area (Å²) in [4.78, 5) is 30.0. The van der Waals surface area contributed by atoms with Crippen LogP contribution in [0.15, 0.2) is 48.5 Å². The van der Waals surface area contributed by atoms with E-state index in [9.17, 15) is 14.7 Å². The topological polar surface area (TPSA) is 70.1 Å². The van der Waals surface area contributed by atoms with E-state index in [1.165, 1.54) is 0 Å². The fourth-order valence-corrected chi connectivity index (χ4v) is 5.80. The Balaban J connectivity index is 1.80. The van der Waals surface area contributed by atoms with E-state index in [-0.39, 0.29) is 30.3 Å². The molecule has 2 fully saturated rings. The molecule has 0 radical (unpaired) electrons. The van der Waals surface area contributed by atoms with E-state index >= 15 is 0 Å². The smallest absolute Gasteiger partial charge is 0.304 e. The Hall–Kier alpha value is -2.12. The predicted molar refractivity (Wildman–Crippen MR) is 137 cm³/mol. The molecule has 4 rings (SSSR count). The molecule has 2 heterocycles. The number of carbonyl (C=O) groups is 2. The summed E-state index contributed by atoms with van der Waals surface area (Å²) in [5, 5.41) is 10.9. The van der Waals surface area contributed by atoms with Gasteiger partial charge in [0.15, 0.2) is 0 Å². The van der Waals surface area contributed by atoms with Gasteiger partial charge in [-0.15, -0.1) is 0 Å². The lowest BCUT2D eigenvalue weighted by Gasteiger charge is -2.49. The zero-order valence-electron chi connectivity index (χ0n) is 19.9. The number of carboxylic acid groups (broad SMARTS) is 1. The molecular weight excluding hydrogens is 487 g/mol. The molecule has 1 amide bonds. The Morgan fingerprint density at radius 2 is 1.80 bits per heavy atom. The van der Waals surface area contributed by atoms with Crippen LogP contribution in [-0.2, 0) is 14.3 Å². The summed E-state index contributed by atoms with van der Waals surface area (Å²) in [6.07, 6.45) is 1.02. The van der Waals surface area contributed by atoms with E-state index in [2.05, 4.69) is 11.8 Å². The largest absolute Gasteiger partial charge is 0.481 e. The summed E-state index contributed by atoms with van der Waals surface area (Å²) in [7, 11) is 0. The van der Waals surface area contributed by atoms with Crippen LogP contribution in [0.3, 0.4) is 0 Å². The summed E-state index contributed by atoms with van der Waals surface area (Å²) in [6, 6.07) is 15.0. The van der Waals surface area contributed by atoms with Gasteiger partial charge < -0.3 is 14.7 Å². The lowest BCUT2D eigenvalue weighted by molar-refractivity contribution is -0.153. The van der Waals surface area contributed by atoms with Crippen LogP contribution < -0.4 is 0 Å². The van der Waals surface area contributed by atoms with E-state index in [0.717, 1.165) is 37.2 Å². The SMILES string of the molecule is CC[C@@H](CN1CCOCC1)N1C(=O)[C@@H](CC(=O)O)C[C@H](c2cccc(Cl)c2)C1c1ccc(Cl)cc1. The highest BCUT2D eigenvalue weighted by molar-refractivity contribution is 6.30. The Kier molecular flexibility index (Phi) is 8.71. The molecule has 0 aromatic heterocycles. The van der Waals surface area contributed by atoms with Crippen LogP contribution in [0.25, 0.3) is 0 Å². The number of aliphatic carboxylic acids is 1. The molecule has 1 unspecified atom stereocenters. The Bertz CT molecular complexity index is 1030. The molecule has 35 heavy (non-hydrogen) atoms. The number of hydrogen-bond acceptors (Lipinski definition) is 4. The molecule has 0 aliphatic carbocycles. The summed E-state index contributed by atoms with van der Waals surface area (Å²) in [5.41, 5.74) is 1.99. The number of hydrogen-bond donors (Lipinski definition) is 1. The van der Waals surface area contributed by atoms with Gasteiger partial charge in [-0.3, -0.25) is 14.5 Å². The van der Waals surface area contributed by atoms with Gasteiger partial charge in [0.25, 0.3) is 0 Å². The molecule has 2 aliphatic heterocycles. The van der Waals surface area contributed by atoms with E-state index in [4.69, 9.17) is 27.9 Å². The lowest BCUT2D eigenvalue weighted by Crippen LogP contribution is -2.55. The highest BCUT2D eigenvalue weighted by Crippen LogP contribution is 2.47. The molecule has 2 aliphatic rings. The van der Waals surface area contributed by atoms with Crippen molar-refractivity contribution >= 4 is 35.1 Å². The molecule has 2 aromatic carbocycles. The second-order valence-electron chi connectivity index (χ2n) is 9.41. The molecule has 2 saturated heterocycles. The Morgan fingerprint density at radius 1 is 1.09 bits per heavy atom. The monoisotopic (exact) mass is 518 g/mol. The standard InChI is InChI=1S/C27H32Cl2N2O4/c1-2-23(17-30-10-12-35-13-11-30)31-26(18-6-8-21(28)9-7-18)24(19-4-3-5-22(29)14-19)15-20(27(31)34)16-25(32)33/h3-9,14,20,23-24,26H,2,10-13,15-17H2,1H3,(H,32,33)/t20-,23+,24-,26?/m1/s1.